The van der Waals surface area contributed by atoms with E-state index in [0.717, 1.165) is 164 Å². The Balaban J connectivity index is -0.000000202. The van der Waals surface area contributed by atoms with Crippen molar-refractivity contribution in [2.75, 3.05) is 64.8 Å². The molecule has 0 aliphatic heterocycles. The Hall–Kier alpha value is -7.70. The van der Waals surface area contributed by atoms with Gasteiger partial charge in [-0.15, -0.1) is 0 Å². The zero-order chi connectivity index (χ0) is 94.5. The number of aliphatic hydroxyl groups is 1. The van der Waals surface area contributed by atoms with E-state index in [-0.39, 0.29) is 242 Å². The molecule has 0 fully saturated rings. The van der Waals surface area contributed by atoms with Crippen LogP contribution in [0.1, 0.15) is 341 Å². The number of carbonyl (C=O) groups is 11. The van der Waals surface area contributed by atoms with Gasteiger partial charge in [0.1, 0.15) is 40.5 Å². The fourth-order valence-corrected chi connectivity index (χ4v) is 14.0. The normalized spacial score (nSPS) is 13.0. The van der Waals surface area contributed by atoms with Crippen LogP contribution in [0.5, 0.6) is 34.5 Å². The molecule has 0 bridgehead atoms. The van der Waals surface area contributed by atoms with Crippen LogP contribution in [0.3, 0.4) is 0 Å². The molecule has 36 nitrogen and oxygen atoms in total. The molecule has 776 valence electrons. The molecule has 0 amide bonds. The van der Waals surface area contributed by atoms with Crippen LogP contribution in [0.4, 0.5) is 0 Å². The second-order valence-electron chi connectivity index (χ2n) is 29.8. The quantitative estimate of drug-likeness (QED) is 0.00252. The summed E-state index contributed by atoms with van der Waals surface area (Å²) in [5, 5.41) is 57.1. The number of halogens is 1. The van der Waals surface area contributed by atoms with Crippen LogP contribution in [0.15, 0.2) is 73.6 Å². The van der Waals surface area contributed by atoms with Crippen molar-refractivity contribution in [3.05, 3.63) is 146 Å². The Morgan fingerprint density at radius 3 is 1.23 bits per heavy atom. The van der Waals surface area contributed by atoms with E-state index in [1.807, 2.05) is 44.2 Å². The smallest absolute Gasteiger partial charge is 1.00 e. The van der Waals surface area contributed by atoms with Crippen LogP contribution in [0.25, 0.3) is 0 Å². The molecular formula is C100H156BrK2LiN6O30. The van der Waals surface area contributed by atoms with Gasteiger partial charge in [-0.05, 0) is 252 Å². The minimum Gasteiger partial charge on any atom is -1.00 e. The number of aromatic hydroxyl groups is 1. The zero-order valence-corrected chi connectivity index (χ0v) is 86.4. The molecule has 5 N–H and O–H groups in total. The summed E-state index contributed by atoms with van der Waals surface area (Å²) < 4.78 is 57.2. The first-order valence-electron chi connectivity index (χ1n) is 44.1. The molecule has 12 rings (SSSR count). The van der Waals surface area contributed by atoms with Crippen LogP contribution in [-0.2, 0) is 139 Å². The van der Waals surface area contributed by atoms with Crippen LogP contribution in [0, 0.1) is 5.21 Å². The molecular weight excluding hydrogens is 1930 g/mol. The van der Waals surface area contributed by atoms with Crippen molar-refractivity contribution in [2.45, 2.75) is 325 Å². The molecule has 0 aromatic carbocycles. The Bertz CT molecular complexity index is 4480. The number of alkyl halides is 1. The first kappa shape index (κ1) is 148. The number of aromatic nitrogens is 6. The van der Waals surface area contributed by atoms with E-state index in [9.17, 15) is 58.3 Å². The molecule has 6 aliphatic rings. The summed E-state index contributed by atoms with van der Waals surface area (Å²) in [6, 6.07) is 11.6. The molecule has 0 saturated heterocycles. The number of nitrogens with zero attached hydrogens (tertiary/aromatic N) is 6. The predicted octanol–water partition coefficient (Wildman–Crippen LogP) is 8.21. The third kappa shape index (κ3) is 64.1. The van der Waals surface area contributed by atoms with Gasteiger partial charge < -0.3 is 94.8 Å². The topological polar surface area (TPSA) is 524 Å². The van der Waals surface area contributed by atoms with Gasteiger partial charge in [0.15, 0.2) is 17.2 Å². The first-order valence-corrected chi connectivity index (χ1v) is 45.2. The molecule has 40 heteroatoms. The van der Waals surface area contributed by atoms with Crippen LogP contribution >= 0.6 is 15.9 Å². The number of aliphatic carboxylic acids is 2. The average Bonchev–Trinajstić information content (AvgIpc) is 0.824. The third-order valence-electron chi connectivity index (χ3n) is 19.4. The summed E-state index contributed by atoms with van der Waals surface area (Å²) in [6.45, 7) is 14.6. The fourth-order valence-electron chi connectivity index (χ4n) is 13.7. The molecule has 140 heavy (non-hydrogen) atoms. The molecule has 6 aromatic rings. The number of hydrogen-bond acceptors (Lipinski definition) is 33. The summed E-state index contributed by atoms with van der Waals surface area (Å²) in [5.74, 6) is -0.00978. The number of Topliss-reactive ketones (excluding diaryl/α,β-unsaturated/α-hetero) is 1. The number of pyridine rings is 6. The van der Waals surface area contributed by atoms with Crippen LogP contribution in [-0.4, -0.2) is 182 Å². The van der Waals surface area contributed by atoms with E-state index in [1.54, 1.807) is 32.4 Å². The van der Waals surface area contributed by atoms with Crippen molar-refractivity contribution >= 4 is 81.9 Å². The number of esters is 7. The van der Waals surface area contributed by atoms with Gasteiger partial charge in [-0.1, -0.05) is 67.9 Å². The second-order valence-corrected chi connectivity index (χ2v) is 30.6. The summed E-state index contributed by atoms with van der Waals surface area (Å²) >= 11 is 3.22. The van der Waals surface area contributed by atoms with E-state index < -0.39 is 30.0 Å². The number of carboxylic acid groups (broad SMARTS) is 2. The van der Waals surface area contributed by atoms with Crippen LogP contribution < -0.4 is 155 Å². The van der Waals surface area contributed by atoms with Gasteiger partial charge in [-0.2, -0.15) is 4.73 Å². The standard InChI is InChI=1S/C17H23NO5.C15H21NO4.C15H21NO3.C13H17NO4.C13H15NO4.C9H11NO.C6H11BrO2.C4H6O3.CH2O3.7CH4.2K.Li.H2O.H/c1-3-21-16(20)8-5-9-22-14-10-13-6-4-7-15(23-12(2)19)17(13)18-11-14;1-2-19-15(17)8-5-9-20-13-10-12-6-3-4-7-14(12)16(18)11-13;1-2-18-15(17)8-5-9-19-13-10-12-6-3-4-7-14(12)16-11-13;2*15-11-4-1-3-9-7-10(8-14-13(9)11)18-6-2-5-12(16)17;11-8-5-7-3-1-2-4-9(7)10-6-8;1-2-9-6(8)4-3-5-7;1-3(5)7-4(2)6;2-1-4-3;;;;;;;;;;;;/h10-11,15H,3-9H2,1-2H3;10-11H,2-9H2,1H3;10-11H,2-9H2,1H3;7-8,11,15H,1-6H2,(H,16,17);7-8H,1-6H2,(H,16,17);5-6,11H,1-4H2;2-5H2,1H3;1-2H3;1,3H;7*1H4;;;;1H2;/q;;;;;;;;;;;;;;;;3*+1;;-1/p-2. The molecule has 0 spiro atoms. The Kier molecular flexibility index (Phi) is 93.8. The minimum absolute atomic E-state index is 0. The summed E-state index contributed by atoms with van der Waals surface area (Å²) in [6.07, 6.45) is 35.2. The fraction of sp³-hybridized carbons (Fsp3) is 0.590. The van der Waals surface area contributed by atoms with E-state index in [1.165, 1.54) is 87.6 Å². The van der Waals surface area contributed by atoms with Crippen molar-refractivity contribution in [3.63, 3.8) is 0 Å². The van der Waals surface area contributed by atoms with Crippen molar-refractivity contribution in [1.82, 2.24) is 24.9 Å². The largest absolute Gasteiger partial charge is 1.00 e. The number of hydrogen-bond donors (Lipinski definition) is 4. The molecule has 6 aromatic heterocycles. The van der Waals surface area contributed by atoms with Crippen LogP contribution in [0.2, 0.25) is 0 Å². The number of carboxylic acids is 2. The van der Waals surface area contributed by atoms with Gasteiger partial charge in [0.05, 0.1) is 108 Å². The Morgan fingerprint density at radius 1 is 0.450 bits per heavy atom. The van der Waals surface area contributed by atoms with Gasteiger partial charge in [-0.25, -0.2) is 4.98 Å². The van der Waals surface area contributed by atoms with Crippen molar-refractivity contribution in [2.24, 2.45) is 0 Å². The second kappa shape index (κ2) is 89.0. The number of ketones is 1. The van der Waals surface area contributed by atoms with Crippen molar-refractivity contribution in [1.29, 1.82) is 0 Å². The van der Waals surface area contributed by atoms with E-state index in [4.69, 9.17) is 68.0 Å². The number of aryl methyl sites for hydroxylation is 8. The van der Waals surface area contributed by atoms with Gasteiger partial charge in [0.25, 0.3) is 6.47 Å². The first-order chi connectivity index (χ1) is 62.1. The Morgan fingerprint density at radius 2 is 0.800 bits per heavy atom. The molecule has 2 unspecified atom stereocenters. The number of aliphatic hydroxyl groups excluding tert-OH is 1. The van der Waals surface area contributed by atoms with Crippen molar-refractivity contribution < 1.29 is 269 Å². The Labute approximate surface area is 936 Å². The summed E-state index contributed by atoms with van der Waals surface area (Å²) in [4.78, 5) is 140. The summed E-state index contributed by atoms with van der Waals surface area (Å²) in [7, 11) is 0. The summed E-state index contributed by atoms with van der Waals surface area (Å²) in [5.41, 5.74) is 12.1. The van der Waals surface area contributed by atoms with Crippen molar-refractivity contribution in [3.8, 4) is 34.5 Å². The molecule has 2 atom stereocenters. The van der Waals surface area contributed by atoms with Gasteiger partial charge in [0.2, 0.25) is 6.20 Å². The van der Waals surface area contributed by atoms with E-state index in [0.29, 0.717) is 158 Å². The van der Waals surface area contributed by atoms with E-state index >= 15 is 0 Å². The van der Waals surface area contributed by atoms with Gasteiger partial charge in [0, 0.05) is 94.4 Å². The molecule has 0 radical (unpaired) electrons. The van der Waals surface area contributed by atoms with Gasteiger partial charge >= 0.3 is 175 Å². The molecule has 6 aliphatic carbocycles. The maximum absolute atomic E-state index is 11.9. The number of carbonyl (C=O) groups excluding carboxylic acids is 9. The average molecular weight is 2090 g/mol. The molecule has 6 heterocycles. The third-order valence-corrected chi connectivity index (χ3v) is 20.0. The monoisotopic (exact) mass is 2080 g/mol. The number of fused-ring (bicyclic) bond motifs is 6. The SMILES string of the molecule is C.C.C.C.C.C.C.CC(=O)OC(C)=O.CCOC(=O)CCCBr.CCOC(=O)CCCOc1cc2c([n+]([O-])c1)CCCC2.CCOC(=O)CCCOc1cnc2c(c1)CCCC2.CCOC(=O)CCCOc1cnc2c(c1)CCCC2OC(C)=O.O=C(O)CCCOc1cnc2c(c1)CCCC2=O.O=C(O)CCCOc1cnc2c(c1)CCCC2O.O=CO[O-].Oc1cnc2c(c1)CCCC2.[H-].[K+].[K+].[Li+].[OH-]. The van der Waals surface area contributed by atoms with E-state index in [2.05, 4.69) is 61.3 Å². The maximum Gasteiger partial charge on any atom is 1.00 e. The number of rotatable bonds is 34. The maximum atomic E-state index is 11.9. The predicted molar refractivity (Wildman–Crippen MR) is 519 cm³/mol. The molecule has 0 saturated carbocycles. The van der Waals surface area contributed by atoms with Gasteiger partial charge in [-0.3, -0.25) is 72.7 Å². The minimum atomic E-state index is -0.826. The zero-order valence-electron chi connectivity index (χ0n) is 79.6. The number of ether oxygens (including phenoxy) is 11.